The van der Waals surface area contributed by atoms with E-state index in [9.17, 15) is 79.5 Å². The van der Waals surface area contributed by atoms with Crippen LogP contribution in [-0.2, 0) is 66.6 Å². The van der Waals surface area contributed by atoms with Crippen molar-refractivity contribution in [2.75, 3.05) is 85.6 Å². The van der Waals surface area contributed by atoms with Gasteiger partial charge in [-0.15, -0.1) is 0 Å². The van der Waals surface area contributed by atoms with Gasteiger partial charge in [0.15, 0.2) is 18.9 Å². The molecule has 16 unspecified atom stereocenters. The van der Waals surface area contributed by atoms with Gasteiger partial charge in [0, 0.05) is 77.0 Å². The number of aliphatic hydroxyl groups excluding tert-OH is 9. The van der Waals surface area contributed by atoms with Crippen LogP contribution in [-0.4, -0.2) is 253 Å². The number of rotatable bonds is 54. The molecule has 0 aromatic heterocycles. The van der Waals surface area contributed by atoms with E-state index in [4.69, 9.17) is 42.6 Å². The number of ether oxygens (including phenoxy) is 9. The predicted octanol–water partition coefficient (Wildman–Crippen LogP) is 2.86. The molecule has 3 fully saturated rings. The maximum Gasteiger partial charge on any atom is 0.407 e. The Morgan fingerprint density at radius 3 is 1.16 bits per heavy atom. The Morgan fingerprint density at radius 1 is 0.388 bits per heavy atom. The van der Waals surface area contributed by atoms with Crippen molar-refractivity contribution in [1.29, 1.82) is 0 Å². The summed E-state index contributed by atoms with van der Waals surface area (Å²) in [5.41, 5.74) is -0.240. The Morgan fingerprint density at radius 2 is 0.735 bits per heavy atom. The molecule has 30 heteroatoms. The fraction of sp³-hybridized carbons (Fsp3) is 0.897. The lowest BCUT2D eigenvalue weighted by Gasteiger charge is -2.42. The molecule has 0 bridgehead atoms. The summed E-state index contributed by atoms with van der Waals surface area (Å²) >= 11 is 0. The Labute approximate surface area is 578 Å². The lowest BCUT2D eigenvalue weighted by atomic mass is 9.77. The lowest BCUT2D eigenvalue weighted by Crippen LogP contribution is -2.64. The van der Waals surface area contributed by atoms with Gasteiger partial charge in [0.25, 0.3) is 0 Å². The minimum absolute atomic E-state index is 0.0712. The Hall–Kier alpha value is -4.51. The highest BCUT2D eigenvalue weighted by atomic mass is 16.7. The van der Waals surface area contributed by atoms with Gasteiger partial charge >= 0.3 is 18.2 Å². The van der Waals surface area contributed by atoms with E-state index in [1.54, 1.807) is 13.8 Å². The smallest absolute Gasteiger partial charge is 0.407 e. The van der Waals surface area contributed by atoms with E-state index in [-0.39, 0.29) is 87.9 Å². The predicted molar refractivity (Wildman–Crippen MR) is 355 cm³/mol. The van der Waals surface area contributed by atoms with Crippen molar-refractivity contribution >= 4 is 41.7 Å². The fourth-order valence-electron chi connectivity index (χ4n) is 12.0. The van der Waals surface area contributed by atoms with Gasteiger partial charge in [0.05, 0.1) is 71.7 Å². The average molecular weight is 1410 g/mol. The number of Topliss-reactive ketones (excluding diaryl/α,β-unsaturated/α-hetero) is 1. The second-order valence-electron chi connectivity index (χ2n) is 26.6. The number of carbonyl (C=O) groups is 7. The number of hydrogen-bond acceptors (Lipinski definition) is 25. The lowest BCUT2D eigenvalue weighted by molar-refractivity contribution is -0.282. The monoisotopic (exact) mass is 1410 g/mol. The van der Waals surface area contributed by atoms with Crippen molar-refractivity contribution in [2.45, 2.75) is 287 Å². The molecule has 0 saturated carbocycles. The largest absolute Gasteiger partial charge is 0.466 e. The SMILES string of the molecule is CC(=O)NC1C(OCCCC(=O)NCCCCCCCC(=O)OCCCC(C)(CCCOC(=O)NCCCCCCCC(=O)CCCOC2OC(CO)C(O)C(O)C2C)CCCOC(=O)NCCCCCCNC(=O)CCCOC2OC(CO)C(O)C(O)C2C)OC(CO)C(O)C1O. The molecule has 3 rings (SSSR count). The molecule has 5 amide bonds. The zero-order valence-electron chi connectivity index (χ0n) is 58.7. The van der Waals surface area contributed by atoms with Crippen molar-refractivity contribution in [3.05, 3.63) is 0 Å². The Bertz CT molecular complexity index is 2110. The van der Waals surface area contributed by atoms with Crippen molar-refractivity contribution in [3.63, 3.8) is 0 Å². The number of nitrogens with one attached hydrogen (secondary N) is 5. The van der Waals surface area contributed by atoms with Crippen molar-refractivity contribution < 1.29 is 122 Å². The molecule has 0 aliphatic carbocycles. The van der Waals surface area contributed by atoms with E-state index >= 15 is 0 Å². The Balaban J connectivity index is 1.28. The van der Waals surface area contributed by atoms with E-state index in [2.05, 4.69) is 33.5 Å². The van der Waals surface area contributed by atoms with Crippen LogP contribution >= 0.6 is 0 Å². The van der Waals surface area contributed by atoms with E-state index in [0.29, 0.717) is 103 Å². The summed E-state index contributed by atoms with van der Waals surface area (Å²) in [6, 6.07) is -1.06. The second-order valence-corrected chi connectivity index (χ2v) is 26.6. The molecule has 0 aromatic carbocycles. The number of alkyl carbamates (subject to hydrolysis) is 2. The quantitative estimate of drug-likeness (QED) is 0.0236. The van der Waals surface area contributed by atoms with E-state index in [1.807, 2.05) is 0 Å². The molecule has 3 saturated heterocycles. The van der Waals surface area contributed by atoms with Crippen LogP contribution in [0.3, 0.4) is 0 Å². The van der Waals surface area contributed by atoms with Gasteiger partial charge in [0.2, 0.25) is 17.7 Å². The average Bonchev–Trinajstić information content (AvgIpc) is 0.829. The van der Waals surface area contributed by atoms with Gasteiger partial charge in [-0.3, -0.25) is 24.0 Å². The van der Waals surface area contributed by atoms with Crippen molar-refractivity contribution in [1.82, 2.24) is 26.6 Å². The molecule has 570 valence electrons. The third kappa shape index (κ3) is 36.4. The molecule has 3 aliphatic rings. The first-order valence-electron chi connectivity index (χ1n) is 36.1. The number of unbranched alkanes of at least 4 members (excludes halogenated alkanes) is 11. The molecular formula is C68H123N5O25. The van der Waals surface area contributed by atoms with Crippen LogP contribution in [0.5, 0.6) is 0 Å². The maximum absolute atomic E-state index is 12.7. The number of ketones is 1. The zero-order chi connectivity index (χ0) is 72.1. The molecule has 3 heterocycles. The highest BCUT2D eigenvalue weighted by Gasteiger charge is 2.46. The standard InChI is InChI=1S/C68H123N5O25/c1-46-57(82)59(84)50(43-74)96-63(46)91-37-19-26-49(78)25-13-7-5-10-17-35-71-66(88)94-41-23-31-68(4,32-24-42-95-67(89)72-36-18-12-11-16-34-70-53(79)27-20-38-92-64-47(2)58(83)60(85)51(44-75)97-64)30-22-40-90-55(81)29-14-8-6-9-15-33-69-54(80)28-21-39-93-65-56(73-48(3)77)62(87)61(86)52(45-76)98-65/h46-47,50-52,56-65,74-76,82-87H,5-45H2,1-4H3,(H,69,80)(H,70,79)(H,71,88)(H,72,89)(H,73,77). The summed E-state index contributed by atoms with van der Waals surface area (Å²) in [7, 11) is 0. The summed E-state index contributed by atoms with van der Waals surface area (Å²) in [6.45, 7) is 8.37. The molecule has 16 atom stereocenters. The zero-order valence-corrected chi connectivity index (χ0v) is 58.7. The summed E-state index contributed by atoms with van der Waals surface area (Å²) < 4.78 is 50.4. The fourth-order valence-corrected chi connectivity index (χ4v) is 12.0. The van der Waals surface area contributed by atoms with Crippen LogP contribution in [0, 0.1) is 17.3 Å². The van der Waals surface area contributed by atoms with Gasteiger partial charge in [-0.25, -0.2) is 9.59 Å². The maximum atomic E-state index is 12.7. The van der Waals surface area contributed by atoms with Gasteiger partial charge in [-0.05, 0) is 102 Å². The van der Waals surface area contributed by atoms with Crippen LogP contribution < -0.4 is 26.6 Å². The van der Waals surface area contributed by atoms with Gasteiger partial charge in [-0.1, -0.05) is 72.1 Å². The normalized spacial score (nSPS) is 26.1. The van der Waals surface area contributed by atoms with Gasteiger partial charge in [0.1, 0.15) is 54.6 Å². The number of aliphatic hydroxyl groups is 9. The van der Waals surface area contributed by atoms with Crippen LogP contribution in [0.1, 0.15) is 207 Å². The molecule has 30 nitrogen and oxygen atoms in total. The number of carbonyl (C=O) groups excluding carboxylic acids is 7. The molecular weight excluding hydrogens is 1290 g/mol. The van der Waals surface area contributed by atoms with Crippen LogP contribution in [0.2, 0.25) is 0 Å². The Kier molecular flexibility index (Phi) is 46.2. The second kappa shape index (κ2) is 51.6. The summed E-state index contributed by atoms with van der Waals surface area (Å²) in [6.07, 6.45) is 3.92. The molecule has 0 aromatic rings. The first kappa shape index (κ1) is 87.7. The van der Waals surface area contributed by atoms with Crippen molar-refractivity contribution in [3.8, 4) is 0 Å². The van der Waals surface area contributed by atoms with Crippen LogP contribution in [0.15, 0.2) is 0 Å². The van der Waals surface area contributed by atoms with E-state index in [0.717, 1.165) is 83.5 Å². The van der Waals surface area contributed by atoms with Gasteiger partial charge in [-0.2, -0.15) is 0 Å². The first-order chi connectivity index (χ1) is 47.0. The molecule has 3 aliphatic heterocycles. The number of esters is 1. The minimum Gasteiger partial charge on any atom is -0.466 e. The summed E-state index contributed by atoms with van der Waals surface area (Å²) in [5.74, 6) is -1.88. The third-order valence-electron chi connectivity index (χ3n) is 18.1. The third-order valence-corrected chi connectivity index (χ3v) is 18.1. The molecule has 98 heavy (non-hydrogen) atoms. The van der Waals surface area contributed by atoms with Gasteiger partial charge < -0.3 is 115 Å². The van der Waals surface area contributed by atoms with Crippen LogP contribution in [0.25, 0.3) is 0 Å². The summed E-state index contributed by atoms with van der Waals surface area (Å²) in [4.78, 5) is 86.7. The number of amides is 5. The summed E-state index contributed by atoms with van der Waals surface area (Å²) in [5, 5.41) is 103. The highest BCUT2D eigenvalue weighted by Crippen LogP contribution is 2.35. The minimum atomic E-state index is -1.42. The molecule has 0 spiro atoms. The highest BCUT2D eigenvalue weighted by molar-refractivity contribution is 5.78. The molecule has 14 N–H and O–H groups in total. The topological polar surface area (TPSA) is 445 Å². The number of hydrogen-bond donors (Lipinski definition) is 14. The van der Waals surface area contributed by atoms with Crippen molar-refractivity contribution in [2.24, 2.45) is 17.3 Å². The first-order valence-corrected chi connectivity index (χ1v) is 36.1. The van der Waals surface area contributed by atoms with E-state index in [1.165, 1.54) is 6.92 Å². The van der Waals surface area contributed by atoms with E-state index < -0.39 is 130 Å². The van der Waals surface area contributed by atoms with Crippen LogP contribution in [0.4, 0.5) is 9.59 Å². The molecule has 0 radical (unpaired) electrons.